The van der Waals surface area contributed by atoms with Crippen LogP contribution in [0.4, 0.5) is 0 Å². The molecule has 0 aromatic heterocycles. The van der Waals surface area contributed by atoms with E-state index in [1.54, 1.807) is 51.0 Å². The third-order valence-electron chi connectivity index (χ3n) is 10.0. The fourth-order valence-corrected chi connectivity index (χ4v) is 14.5. The Bertz CT molecular complexity index is 495. The summed E-state index contributed by atoms with van der Waals surface area (Å²) in [6, 6.07) is 1.67. The molecule has 4 saturated carbocycles. The molecule has 0 radical (unpaired) electrons. The molecular formula is C31H62Si. The molecule has 4 aliphatic carbocycles. The normalized spacial score (nSPS) is 38.6. The van der Waals surface area contributed by atoms with Crippen LogP contribution in [0.25, 0.3) is 0 Å². The van der Waals surface area contributed by atoms with E-state index >= 15 is 0 Å². The van der Waals surface area contributed by atoms with Crippen LogP contribution in [0.3, 0.4) is 0 Å². The molecule has 0 saturated heterocycles. The van der Waals surface area contributed by atoms with Crippen molar-refractivity contribution in [2.45, 2.75) is 156 Å². The highest BCUT2D eigenvalue weighted by molar-refractivity contribution is 6.79. The minimum absolute atomic E-state index is 1.03. The number of hydrogen-bond donors (Lipinski definition) is 0. The van der Waals surface area contributed by atoms with Crippen LogP contribution in [-0.4, -0.2) is 8.07 Å². The topological polar surface area (TPSA) is 0 Å². The van der Waals surface area contributed by atoms with E-state index < -0.39 is 8.07 Å². The number of hydrogen-bond acceptors (Lipinski definition) is 0. The van der Waals surface area contributed by atoms with E-state index in [0.29, 0.717) is 0 Å². The Kier molecular flexibility index (Phi) is 12.4. The van der Waals surface area contributed by atoms with Crippen molar-refractivity contribution in [1.82, 2.24) is 0 Å². The zero-order chi connectivity index (χ0) is 23.7. The average Bonchev–Trinajstić information content (AvgIpc) is 3.25. The van der Waals surface area contributed by atoms with Crippen LogP contribution < -0.4 is 0 Å². The summed E-state index contributed by atoms with van der Waals surface area (Å²) in [4.78, 5) is 0. The Balaban J connectivity index is 0.000000395. The Morgan fingerprint density at radius 3 is 1.66 bits per heavy atom. The Morgan fingerprint density at radius 2 is 1.12 bits per heavy atom. The van der Waals surface area contributed by atoms with Gasteiger partial charge in [0.15, 0.2) is 0 Å². The number of unbranched alkanes of at least 4 members (excludes halogenated alkanes) is 2. The summed E-state index contributed by atoms with van der Waals surface area (Å²) in [5.74, 6) is 7.67. The lowest BCUT2D eigenvalue weighted by atomic mass is 9.78. The minimum atomic E-state index is -1.12. The van der Waals surface area contributed by atoms with Crippen LogP contribution in [0.2, 0.25) is 24.7 Å². The van der Waals surface area contributed by atoms with Crippen LogP contribution in [-0.2, 0) is 0 Å². The molecule has 8 atom stereocenters. The maximum atomic E-state index is 2.81. The first-order chi connectivity index (χ1) is 15.3. The van der Waals surface area contributed by atoms with Gasteiger partial charge in [0.1, 0.15) is 0 Å². The SMILES string of the molecule is CC1CC2CCCCC2C1C[Si](C)(C)C1C(C)CC2CCCCC21.CCC.CCCCC. The summed E-state index contributed by atoms with van der Waals surface area (Å²) in [6.45, 7) is 19.6. The standard InChI is InChI=1S/C23H42Si.C5H12.C3H8/c1-16-13-18-9-5-7-11-20(18)22(16)15-24(3,4)23-17(2)14-19-10-6-8-12-21(19)23;1-3-5-4-2;1-3-2/h16-23H,5-15H2,1-4H3;3-5H2,1-2H3;3H2,1-2H3. The molecular weight excluding hydrogens is 400 g/mol. The largest absolute Gasteiger partial charge is 0.0691 e. The van der Waals surface area contributed by atoms with E-state index in [9.17, 15) is 0 Å². The quantitative estimate of drug-likeness (QED) is 0.356. The van der Waals surface area contributed by atoms with Crippen LogP contribution in [0.15, 0.2) is 0 Å². The number of rotatable bonds is 5. The highest BCUT2D eigenvalue weighted by atomic mass is 28.3. The molecule has 1 heteroatoms. The van der Waals surface area contributed by atoms with Gasteiger partial charge < -0.3 is 0 Å². The maximum absolute atomic E-state index is 2.81. The van der Waals surface area contributed by atoms with Gasteiger partial charge in [0.05, 0.1) is 8.07 Å². The lowest BCUT2D eigenvalue weighted by Gasteiger charge is -2.43. The monoisotopic (exact) mass is 462 g/mol. The van der Waals surface area contributed by atoms with E-state index in [0.717, 1.165) is 47.0 Å². The van der Waals surface area contributed by atoms with Crippen LogP contribution in [0, 0.1) is 41.4 Å². The molecule has 8 unspecified atom stereocenters. The van der Waals surface area contributed by atoms with Crippen molar-refractivity contribution in [2.75, 3.05) is 0 Å². The smallest absolute Gasteiger partial charge is 0.0513 e. The first kappa shape index (κ1) is 28.5. The summed E-state index contributed by atoms with van der Waals surface area (Å²) in [7, 11) is -1.12. The molecule has 32 heavy (non-hydrogen) atoms. The second-order valence-electron chi connectivity index (χ2n) is 13.3. The van der Waals surface area contributed by atoms with Crippen molar-refractivity contribution in [3.63, 3.8) is 0 Å². The van der Waals surface area contributed by atoms with Crippen molar-refractivity contribution in [3.8, 4) is 0 Å². The maximum Gasteiger partial charge on any atom is 0.0513 e. The van der Waals surface area contributed by atoms with E-state index in [4.69, 9.17) is 0 Å². The molecule has 0 aromatic carbocycles. The molecule has 0 aliphatic heterocycles. The third-order valence-corrected chi connectivity index (χ3v) is 14.3. The molecule has 0 spiro atoms. The predicted molar refractivity (Wildman–Crippen MR) is 149 cm³/mol. The van der Waals surface area contributed by atoms with Gasteiger partial charge in [0.25, 0.3) is 0 Å². The summed E-state index contributed by atoms with van der Waals surface area (Å²) < 4.78 is 0. The van der Waals surface area contributed by atoms with Gasteiger partial charge in [-0.25, -0.2) is 0 Å². The van der Waals surface area contributed by atoms with Crippen molar-refractivity contribution in [1.29, 1.82) is 0 Å². The molecule has 0 amide bonds. The van der Waals surface area contributed by atoms with Crippen molar-refractivity contribution >= 4 is 8.07 Å². The van der Waals surface area contributed by atoms with E-state index in [1.165, 1.54) is 44.9 Å². The van der Waals surface area contributed by atoms with Crippen molar-refractivity contribution in [2.24, 2.45) is 41.4 Å². The van der Waals surface area contributed by atoms with Gasteiger partial charge in [-0.2, -0.15) is 0 Å². The molecule has 4 fully saturated rings. The minimum Gasteiger partial charge on any atom is -0.0691 e. The van der Waals surface area contributed by atoms with E-state index in [2.05, 4.69) is 54.6 Å². The van der Waals surface area contributed by atoms with E-state index in [1.807, 2.05) is 0 Å². The predicted octanol–water partition coefficient (Wildman–Crippen LogP) is 11.0. The van der Waals surface area contributed by atoms with Crippen LogP contribution in [0.1, 0.15) is 131 Å². The third kappa shape index (κ3) is 7.36. The molecule has 4 aliphatic rings. The fourth-order valence-electron chi connectivity index (χ4n) is 9.01. The van der Waals surface area contributed by atoms with Crippen LogP contribution >= 0.6 is 0 Å². The number of fused-ring (bicyclic) bond motifs is 2. The molecule has 0 nitrogen and oxygen atoms in total. The molecule has 0 heterocycles. The van der Waals surface area contributed by atoms with Gasteiger partial charge in [-0.3, -0.25) is 0 Å². The van der Waals surface area contributed by atoms with Gasteiger partial charge in [-0.1, -0.05) is 131 Å². The fraction of sp³-hybridized carbons (Fsp3) is 1.00. The second kappa shape index (κ2) is 13.9. The molecule has 0 bridgehead atoms. The molecule has 4 rings (SSSR count). The first-order valence-corrected chi connectivity index (χ1v) is 18.6. The van der Waals surface area contributed by atoms with Gasteiger partial charge in [0.2, 0.25) is 0 Å². The second-order valence-corrected chi connectivity index (χ2v) is 18.3. The van der Waals surface area contributed by atoms with Gasteiger partial charge in [0, 0.05) is 0 Å². The van der Waals surface area contributed by atoms with Crippen LogP contribution in [0.5, 0.6) is 0 Å². The zero-order valence-corrected chi connectivity index (χ0v) is 24.7. The highest BCUT2D eigenvalue weighted by Crippen LogP contribution is 2.59. The first-order valence-electron chi connectivity index (χ1n) is 15.3. The molecule has 0 aromatic rings. The summed E-state index contributed by atoms with van der Waals surface area (Å²) in [5.41, 5.74) is 1.15. The summed E-state index contributed by atoms with van der Waals surface area (Å²) in [6.07, 6.45) is 20.9. The average molecular weight is 463 g/mol. The zero-order valence-electron chi connectivity index (χ0n) is 23.7. The molecule has 190 valence electrons. The highest BCUT2D eigenvalue weighted by Gasteiger charge is 2.52. The van der Waals surface area contributed by atoms with Crippen molar-refractivity contribution in [3.05, 3.63) is 0 Å². The molecule has 0 N–H and O–H groups in total. The van der Waals surface area contributed by atoms with Gasteiger partial charge in [-0.15, -0.1) is 0 Å². The Labute approximate surface area is 205 Å². The Morgan fingerprint density at radius 1 is 0.656 bits per heavy atom. The van der Waals surface area contributed by atoms with Gasteiger partial charge in [-0.05, 0) is 66.2 Å². The van der Waals surface area contributed by atoms with Gasteiger partial charge >= 0.3 is 0 Å². The summed E-state index contributed by atoms with van der Waals surface area (Å²) in [5, 5.41) is 0. The van der Waals surface area contributed by atoms with Crippen molar-refractivity contribution < 1.29 is 0 Å². The Hall–Kier alpha value is 0.217. The lowest BCUT2D eigenvalue weighted by Crippen LogP contribution is -2.41. The van der Waals surface area contributed by atoms with E-state index in [-0.39, 0.29) is 0 Å². The lowest BCUT2D eigenvalue weighted by molar-refractivity contribution is 0.229. The summed E-state index contributed by atoms with van der Waals surface area (Å²) >= 11 is 0.